The van der Waals surface area contributed by atoms with Gasteiger partial charge in [-0.15, -0.1) is 0 Å². The Labute approximate surface area is 107 Å². The highest BCUT2D eigenvalue weighted by Gasteiger charge is 2.04. The Bertz CT molecular complexity index is 130. The van der Waals surface area contributed by atoms with E-state index >= 15 is 0 Å². The molecule has 0 spiro atoms. The molecule has 0 saturated heterocycles. The molecule has 0 atom stereocenters. The van der Waals surface area contributed by atoms with Gasteiger partial charge in [0.25, 0.3) is 0 Å². The van der Waals surface area contributed by atoms with E-state index < -0.39 is 0 Å². The number of nitrogens with zero attached hydrogens (tertiary/aromatic N) is 1. The lowest BCUT2D eigenvalue weighted by Crippen LogP contribution is -2.27. The molecule has 0 fully saturated rings. The van der Waals surface area contributed by atoms with E-state index in [4.69, 9.17) is 9.94 Å². The van der Waals surface area contributed by atoms with Gasteiger partial charge >= 0.3 is 0 Å². The Morgan fingerprint density at radius 1 is 0.824 bits per heavy atom. The van der Waals surface area contributed by atoms with E-state index in [1.807, 2.05) is 5.06 Å². The van der Waals surface area contributed by atoms with Gasteiger partial charge in [-0.2, -0.15) is 5.06 Å². The quantitative estimate of drug-likeness (QED) is 0.399. The summed E-state index contributed by atoms with van der Waals surface area (Å²) in [5.74, 6) is 0. The van der Waals surface area contributed by atoms with Crippen molar-refractivity contribution in [3.8, 4) is 0 Å². The summed E-state index contributed by atoms with van der Waals surface area (Å²) in [7, 11) is 0. The number of hydrogen-bond acceptors (Lipinski definition) is 3. The summed E-state index contributed by atoms with van der Waals surface area (Å²) < 4.78 is 0. The second kappa shape index (κ2) is 13.9. The molecule has 0 aromatic rings. The first-order valence-electron chi connectivity index (χ1n) is 7.33. The molecule has 3 nitrogen and oxygen atoms in total. The molecule has 0 aliphatic heterocycles. The van der Waals surface area contributed by atoms with Crippen LogP contribution in [0, 0.1) is 0 Å². The Balaban J connectivity index is 3.56. The van der Waals surface area contributed by atoms with Crippen LogP contribution in [0.3, 0.4) is 0 Å². The van der Waals surface area contributed by atoms with Gasteiger partial charge in [0.2, 0.25) is 0 Å². The normalized spacial score (nSPS) is 11.3. The second-order valence-corrected chi connectivity index (χ2v) is 4.61. The maximum Gasteiger partial charge on any atom is 0.0916 e. The van der Waals surface area contributed by atoms with Crippen LogP contribution < -0.4 is 0 Å². The first-order chi connectivity index (χ1) is 8.35. The summed E-state index contributed by atoms with van der Waals surface area (Å²) >= 11 is 0. The molecular weight excluding hydrogens is 214 g/mol. The van der Waals surface area contributed by atoms with Gasteiger partial charge in [0.15, 0.2) is 0 Å². The molecule has 0 rings (SSSR count). The molecule has 3 heteroatoms. The van der Waals surface area contributed by atoms with Crippen molar-refractivity contribution < 1.29 is 9.94 Å². The predicted molar refractivity (Wildman–Crippen MR) is 72.9 cm³/mol. The molecule has 0 aliphatic carbocycles. The molecule has 0 heterocycles. The van der Waals surface area contributed by atoms with Crippen molar-refractivity contribution >= 4 is 0 Å². The summed E-state index contributed by atoms with van der Waals surface area (Å²) in [5, 5.41) is 10.8. The molecule has 0 aromatic carbocycles. The SMILES string of the molecule is CCCCCCN(CCCCCC)OCCO. The van der Waals surface area contributed by atoms with Gasteiger partial charge in [0.1, 0.15) is 0 Å². The van der Waals surface area contributed by atoms with Crippen molar-refractivity contribution in [3.63, 3.8) is 0 Å². The van der Waals surface area contributed by atoms with Crippen molar-refractivity contribution in [2.24, 2.45) is 0 Å². The maximum absolute atomic E-state index is 8.78. The summed E-state index contributed by atoms with van der Waals surface area (Å²) in [6.07, 6.45) is 10.1. The number of unbranched alkanes of at least 4 members (excludes halogenated alkanes) is 6. The molecule has 0 radical (unpaired) electrons. The van der Waals surface area contributed by atoms with Crippen LogP contribution in [0.15, 0.2) is 0 Å². The zero-order chi connectivity index (χ0) is 12.8. The Kier molecular flexibility index (Phi) is 13.8. The van der Waals surface area contributed by atoms with E-state index in [0.29, 0.717) is 6.61 Å². The first kappa shape index (κ1) is 16.9. The van der Waals surface area contributed by atoms with E-state index in [0.717, 1.165) is 13.1 Å². The molecule has 1 N–H and O–H groups in total. The van der Waals surface area contributed by atoms with Gasteiger partial charge in [-0.3, -0.25) is 4.84 Å². The molecule has 0 bridgehead atoms. The molecule has 0 saturated carbocycles. The van der Waals surface area contributed by atoms with Gasteiger partial charge in [0.05, 0.1) is 13.2 Å². The van der Waals surface area contributed by atoms with Crippen LogP contribution in [0.1, 0.15) is 65.2 Å². The van der Waals surface area contributed by atoms with Gasteiger partial charge < -0.3 is 5.11 Å². The van der Waals surface area contributed by atoms with Crippen molar-refractivity contribution in [2.45, 2.75) is 65.2 Å². The molecular formula is C14H31NO2. The van der Waals surface area contributed by atoms with Crippen LogP contribution in [0.25, 0.3) is 0 Å². The molecule has 17 heavy (non-hydrogen) atoms. The van der Waals surface area contributed by atoms with Gasteiger partial charge in [-0.05, 0) is 12.8 Å². The zero-order valence-corrected chi connectivity index (χ0v) is 11.8. The molecule has 0 unspecified atom stereocenters. The fraction of sp³-hybridized carbons (Fsp3) is 1.00. The number of aliphatic hydroxyl groups is 1. The lowest BCUT2D eigenvalue weighted by atomic mass is 10.2. The zero-order valence-electron chi connectivity index (χ0n) is 11.8. The second-order valence-electron chi connectivity index (χ2n) is 4.61. The number of rotatable bonds is 13. The third-order valence-electron chi connectivity index (χ3n) is 2.89. The maximum atomic E-state index is 8.78. The minimum absolute atomic E-state index is 0.112. The Hall–Kier alpha value is -0.120. The smallest absolute Gasteiger partial charge is 0.0916 e. The van der Waals surface area contributed by atoms with E-state index in [1.165, 1.54) is 51.4 Å². The average molecular weight is 245 g/mol. The molecule has 0 amide bonds. The average Bonchev–Trinajstić information content (AvgIpc) is 2.35. The van der Waals surface area contributed by atoms with Crippen LogP contribution in [-0.2, 0) is 4.84 Å². The largest absolute Gasteiger partial charge is 0.394 e. The monoisotopic (exact) mass is 245 g/mol. The lowest BCUT2D eigenvalue weighted by Gasteiger charge is -2.21. The summed E-state index contributed by atoms with van der Waals surface area (Å²) in [4.78, 5) is 5.54. The van der Waals surface area contributed by atoms with Gasteiger partial charge in [-0.25, -0.2) is 0 Å². The minimum Gasteiger partial charge on any atom is -0.394 e. The number of hydroxylamine groups is 2. The van der Waals surface area contributed by atoms with Crippen LogP contribution >= 0.6 is 0 Å². The summed E-state index contributed by atoms with van der Waals surface area (Å²) in [6, 6.07) is 0. The predicted octanol–water partition coefficient (Wildman–Crippen LogP) is 3.37. The summed E-state index contributed by atoms with van der Waals surface area (Å²) in [6.45, 7) is 7.01. The van der Waals surface area contributed by atoms with Gasteiger partial charge in [-0.1, -0.05) is 52.4 Å². The lowest BCUT2D eigenvalue weighted by molar-refractivity contribution is -0.167. The van der Waals surface area contributed by atoms with E-state index in [1.54, 1.807) is 0 Å². The highest BCUT2D eigenvalue weighted by atomic mass is 16.7. The summed E-state index contributed by atoms with van der Waals surface area (Å²) in [5.41, 5.74) is 0. The fourth-order valence-electron chi connectivity index (χ4n) is 1.84. The fourth-order valence-corrected chi connectivity index (χ4v) is 1.84. The van der Waals surface area contributed by atoms with Crippen molar-refractivity contribution in [1.82, 2.24) is 5.06 Å². The standard InChI is InChI=1S/C14H31NO2/c1-3-5-7-9-11-15(17-14-13-16)12-10-8-6-4-2/h16H,3-14H2,1-2H3. The Morgan fingerprint density at radius 2 is 1.35 bits per heavy atom. The van der Waals surface area contributed by atoms with Crippen LogP contribution in [0.5, 0.6) is 0 Å². The van der Waals surface area contributed by atoms with Crippen molar-refractivity contribution in [2.75, 3.05) is 26.3 Å². The van der Waals surface area contributed by atoms with E-state index in [9.17, 15) is 0 Å². The molecule has 0 aromatic heterocycles. The van der Waals surface area contributed by atoms with Gasteiger partial charge in [0, 0.05) is 13.1 Å². The number of hydrogen-bond donors (Lipinski definition) is 1. The highest BCUT2D eigenvalue weighted by Crippen LogP contribution is 2.05. The van der Waals surface area contributed by atoms with Crippen LogP contribution in [0.4, 0.5) is 0 Å². The Morgan fingerprint density at radius 3 is 1.76 bits per heavy atom. The molecule has 104 valence electrons. The minimum atomic E-state index is 0.112. The van der Waals surface area contributed by atoms with Crippen LogP contribution in [0.2, 0.25) is 0 Å². The van der Waals surface area contributed by atoms with E-state index in [-0.39, 0.29) is 6.61 Å². The number of aliphatic hydroxyl groups excluding tert-OH is 1. The van der Waals surface area contributed by atoms with E-state index in [2.05, 4.69) is 13.8 Å². The molecule has 0 aliphatic rings. The topological polar surface area (TPSA) is 32.7 Å². The van der Waals surface area contributed by atoms with Crippen molar-refractivity contribution in [1.29, 1.82) is 0 Å². The third kappa shape index (κ3) is 12.1. The third-order valence-corrected chi connectivity index (χ3v) is 2.89. The first-order valence-corrected chi connectivity index (χ1v) is 7.33. The highest BCUT2D eigenvalue weighted by molar-refractivity contribution is 4.50. The van der Waals surface area contributed by atoms with Crippen molar-refractivity contribution in [3.05, 3.63) is 0 Å². The van der Waals surface area contributed by atoms with Crippen LogP contribution in [-0.4, -0.2) is 36.5 Å².